The van der Waals surface area contributed by atoms with Crippen LogP contribution in [0.15, 0.2) is 0 Å². The lowest BCUT2D eigenvalue weighted by molar-refractivity contribution is 0.397. The van der Waals surface area contributed by atoms with Crippen LogP contribution in [-0.4, -0.2) is 4.86 Å². The van der Waals surface area contributed by atoms with Crippen molar-refractivity contribution in [3.05, 3.63) is 0 Å². The fraction of sp³-hybridized carbons (Fsp3) is 0.917. The first-order valence-corrected chi connectivity index (χ1v) is 5.80. The van der Waals surface area contributed by atoms with Crippen LogP contribution in [0.25, 0.3) is 0 Å². The second-order valence-electron chi connectivity index (χ2n) is 5.04. The van der Waals surface area contributed by atoms with Gasteiger partial charge in [0.15, 0.2) is 0 Å². The van der Waals surface area contributed by atoms with Crippen molar-refractivity contribution in [2.45, 2.75) is 48.0 Å². The minimum absolute atomic E-state index is 0.557. The summed E-state index contributed by atoms with van der Waals surface area (Å²) in [7, 11) is 0. The van der Waals surface area contributed by atoms with Crippen molar-refractivity contribution in [1.29, 1.82) is 0 Å². The van der Waals surface area contributed by atoms with Crippen LogP contribution in [0.3, 0.4) is 0 Å². The van der Waals surface area contributed by atoms with E-state index in [9.17, 15) is 0 Å². The van der Waals surface area contributed by atoms with Crippen molar-refractivity contribution in [3.63, 3.8) is 0 Å². The smallest absolute Gasteiger partial charge is 0.00125 e. The Morgan fingerprint density at radius 3 is 1.69 bits per heavy atom. The van der Waals surface area contributed by atoms with Gasteiger partial charge in [-0.3, -0.25) is 0 Å². The molecular formula is C12H24S. The largest absolute Gasteiger partial charge is 0.0891 e. The lowest BCUT2D eigenvalue weighted by Crippen LogP contribution is -2.24. The van der Waals surface area contributed by atoms with Gasteiger partial charge in [-0.1, -0.05) is 53.8 Å². The fourth-order valence-electron chi connectivity index (χ4n) is 1.65. The highest BCUT2D eigenvalue weighted by Crippen LogP contribution is 2.25. The summed E-state index contributed by atoms with van der Waals surface area (Å²) in [5.74, 6) is 2.64. The maximum absolute atomic E-state index is 5.49. The van der Waals surface area contributed by atoms with E-state index in [4.69, 9.17) is 12.2 Å². The number of hydrogen-bond donors (Lipinski definition) is 0. The normalized spacial score (nSPS) is 14.2. The molecule has 78 valence electrons. The molecule has 0 saturated heterocycles. The highest BCUT2D eigenvalue weighted by Gasteiger charge is 2.21. The van der Waals surface area contributed by atoms with Gasteiger partial charge < -0.3 is 0 Å². The first-order chi connectivity index (χ1) is 5.86. The van der Waals surface area contributed by atoms with Gasteiger partial charge in [-0.25, -0.2) is 0 Å². The van der Waals surface area contributed by atoms with Gasteiger partial charge in [0.05, 0.1) is 0 Å². The Morgan fingerprint density at radius 1 is 1.00 bits per heavy atom. The van der Waals surface area contributed by atoms with E-state index < -0.39 is 0 Å². The minimum atomic E-state index is 0.557. The Kier molecular flexibility index (Phi) is 5.78. The maximum atomic E-state index is 5.49. The third-order valence-corrected chi connectivity index (χ3v) is 3.24. The maximum Gasteiger partial charge on any atom is -0.00125 e. The van der Waals surface area contributed by atoms with Crippen LogP contribution >= 0.6 is 12.2 Å². The molecule has 0 aromatic heterocycles. The van der Waals surface area contributed by atoms with E-state index in [0.717, 1.165) is 5.92 Å². The SMILES string of the molecule is CC(C)CC(C(=S)C(C)C)C(C)C. The van der Waals surface area contributed by atoms with Gasteiger partial charge in [-0.15, -0.1) is 0 Å². The van der Waals surface area contributed by atoms with Crippen LogP contribution in [0.1, 0.15) is 48.0 Å². The summed E-state index contributed by atoms with van der Waals surface area (Å²) in [5.41, 5.74) is 0. The molecule has 1 unspecified atom stereocenters. The van der Waals surface area contributed by atoms with Crippen molar-refractivity contribution in [1.82, 2.24) is 0 Å². The quantitative estimate of drug-likeness (QED) is 0.595. The van der Waals surface area contributed by atoms with Crippen LogP contribution in [0.5, 0.6) is 0 Å². The summed E-state index contributed by atoms with van der Waals surface area (Å²) in [4.78, 5) is 1.27. The van der Waals surface area contributed by atoms with Gasteiger partial charge in [-0.05, 0) is 35.0 Å². The average Bonchev–Trinajstić information content (AvgIpc) is 1.97. The van der Waals surface area contributed by atoms with Crippen LogP contribution < -0.4 is 0 Å². The molecule has 0 heterocycles. The van der Waals surface area contributed by atoms with E-state index >= 15 is 0 Å². The molecule has 0 aliphatic heterocycles. The topological polar surface area (TPSA) is 0 Å². The Morgan fingerprint density at radius 2 is 1.46 bits per heavy atom. The summed E-state index contributed by atoms with van der Waals surface area (Å²) < 4.78 is 0. The first kappa shape index (κ1) is 13.1. The molecule has 0 fully saturated rings. The fourth-order valence-corrected chi connectivity index (χ4v) is 2.02. The molecule has 0 amide bonds. The molecule has 0 rings (SSSR count). The Bertz CT molecular complexity index is 157. The zero-order chi connectivity index (χ0) is 10.6. The molecule has 0 aliphatic rings. The second-order valence-corrected chi connectivity index (χ2v) is 5.51. The zero-order valence-corrected chi connectivity index (χ0v) is 10.7. The standard InChI is InChI=1S/C12H24S/c1-8(2)7-11(9(3)4)12(13)10(5)6/h8-11H,7H2,1-6H3. The monoisotopic (exact) mass is 200 g/mol. The molecule has 0 N–H and O–H groups in total. The van der Waals surface area contributed by atoms with E-state index in [1.807, 2.05) is 0 Å². The molecule has 0 saturated carbocycles. The van der Waals surface area contributed by atoms with Crippen molar-refractivity contribution in [2.75, 3.05) is 0 Å². The first-order valence-electron chi connectivity index (χ1n) is 5.40. The average molecular weight is 200 g/mol. The molecule has 0 aliphatic carbocycles. The Balaban J connectivity index is 4.33. The van der Waals surface area contributed by atoms with Gasteiger partial charge in [0.25, 0.3) is 0 Å². The summed E-state index contributed by atoms with van der Waals surface area (Å²) in [6.07, 6.45) is 1.24. The van der Waals surface area contributed by atoms with Crippen molar-refractivity contribution in [3.8, 4) is 0 Å². The number of rotatable bonds is 5. The van der Waals surface area contributed by atoms with E-state index in [1.54, 1.807) is 0 Å². The molecule has 0 aromatic rings. The number of thiocarbonyl (C=S) groups is 1. The van der Waals surface area contributed by atoms with E-state index in [2.05, 4.69) is 41.5 Å². The lowest BCUT2D eigenvalue weighted by Gasteiger charge is -2.25. The highest BCUT2D eigenvalue weighted by atomic mass is 32.1. The van der Waals surface area contributed by atoms with Crippen molar-refractivity contribution >= 4 is 17.1 Å². The third kappa shape index (κ3) is 4.75. The van der Waals surface area contributed by atoms with Crippen LogP contribution in [-0.2, 0) is 0 Å². The molecule has 13 heavy (non-hydrogen) atoms. The summed E-state index contributed by atoms with van der Waals surface area (Å²) in [6.45, 7) is 13.5. The highest BCUT2D eigenvalue weighted by molar-refractivity contribution is 7.80. The van der Waals surface area contributed by atoms with Crippen LogP contribution in [0.2, 0.25) is 0 Å². The zero-order valence-electron chi connectivity index (χ0n) is 9.92. The molecule has 0 spiro atoms. The van der Waals surface area contributed by atoms with Crippen molar-refractivity contribution < 1.29 is 0 Å². The van der Waals surface area contributed by atoms with E-state index in [0.29, 0.717) is 17.8 Å². The molecule has 1 atom stereocenters. The summed E-state index contributed by atoms with van der Waals surface area (Å²) in [6, 6.07) is 0. The predicted molar refractivity (Wildman–Crippen MR) is 65.2 cm³/mol. The summed E-state index contributed by atoms with van der Waals surface area (Å²) >= 11 is 5.49. The van der Waals surface area contributed by atoms with E-state index in [-0.39, 0.29) is 0 Å². The molecule has 0 radical (unpaired) electrons. The van der Waals surface area contributed by atoms with E-state index in [1.165, 1.54) is 11.3 Å². The van der Waals surface area contributed by atoms with Gasteiger partial charge >= 0.3 is 0 Å². The lowest BCUT2D eigenvalue weighted by atomic mass is 9.82. The van der Waals surface area contributed by atoms with Gasteiger partial charge in [0.2, 0.25) is 0 Å². The molecule has 0 aromatic carbocycles. The summed E-state index contributed by atoms with van der Waals surface area (Å²) in [5, 5.41) is 0. The second kappa shape index (κ2) is 5.74. The molecular weight excluding hydrogens is 176 g/mol. The molecule has 0 bridgehead atoms. The predicted octanol–water partition coefficient (Wildman–Crippen LogP) is 4.33. The van der Waals surface area contributed by atoms with Crippen LogP contribution in [0.4, 0.5) is 0 Å². The van der Waals surface area contributed by atoms with Crippen molar-refractivity contribution in [2.24, 2.45) is 23.7 Å². The Hall–Kier alpha value is 0.0900. The third-order valence-electron chi connectivity index (χ3n) is 2.46. The van der Waals surface area contributed by atoms with Crippen LogP contribution in [0, 0.1) is 23.7 Å². The van der Waals surface area contributed by atoms with Gasteiger partial charge in [0, 0.05) is 0 Å². The number of hydrogen-bond acceptors (Lipinski definition) is 1. The Labute approximate surface area is 89.1 Å². The minimum Gasteiger partial charge on any atom is -0.0891 e. The van der Waals surface area contributed by atoms with Gasteiger partial charge in [-0.2, -0.15) is 0 Å². The van der Waals surface area contributed by atoms with Gasteiger partial charge in [0.1, 0.15) is 0 Å². The molecule has 0 nitrogen and oxygen atoms in total. The molecule has 1 heteroatoms.